The number of carboxylic acid groups (broad SMARTS) is 1. The quantitative estimate of drug-likeness (QED) is 0.700. The Bertz CT molecular complexity index is 174. The Kier molecular flexibility index (Phi) is 3.72. The molecule has 0 aromatic heterocycles. The Morgan fingerprint density at radius 1 is 1.38 bits per heavy atom. The van der Waals surface area contributed by atoms with Gasteiger partial charge in [-0.1, -0.05) is 26.7 Å². The molecule has 1 fully saturated rings. The number of carboxylic acids is 1. The number of hydrogen-bond acceptors (Lipinski definition) is 2. The van der Waals surface area contributed by atoms with Crippen LogP contribution in [0.3, 0.4) is 0 Å². The Morgan fingerprint density at radius 2 is 1.92 bits per heavy atom. The Balaban J connectivity index is 2.50. The minimum atomic E-state index is -0.694. The van der Waals surface area contributed by atoms with Crippen LogP contribution in [-0.4, -0.2) is 23.2 Å². The minimum absolute atomic E-state index is 0.252. The van der Waals surface area contributed by atoms with Crippen LogP contribution in [0.15, 0.2) is 0 Å². The summed E-state index contributed by atoms with van der Waals surface area (Å²) in [5.74, 6) is -0.347. The van der Waals surface area contributed by atoms with Crippen LogP contribution in [0.1, 0.15) is 39.5 Å². The van der Waals surface area contributed by atoms with Gasteiger partial charge in [-0.3, -0.25) is 4.79 Å². The molecule has 2 N–H and O–H groups in total. The maximum absolute atomic E-state index is 11.0. The van der Waals surface area contributed by atoms with E-state index < -0.39 is 5.97 Å². The van der Waals surface area contributed by atoms with Gasteiger partial charge in [0, 0.05) is 6.04 Å². The zero-order valence-electron chi connectivity index (χ0n) is 8.42. The Morgan fingerprint density at radius 3 is 2.31 bits per heavy atom. The van der Waals surface area contributed by atoms with Gasteiger partial charge in [0.1, 0.15) is 6.04 Å². The summed E-state index contributed by atoms with van der Waals surface area (Å²) < 4.78 is 0. The van der Waals surface area contributed by atoms with Gasteiger partial charge in [0.2, 0.25) is 0 Å². The molecule has 1 atom stereocenters. The van der Waals surface area contributed by atoms with E-state index in [9.17, 15) is 4.79 Å². The van der Waals surface area contributed by atoms with Crippen molar-refractivity contribution in [2.75, 3.05) is 0 Å². The molecule has 0 amide bonds. The van der Waals surface area contributed by atoms with Crippen molar-refractivity contribution in [3.8, 4) is 0 Å². The fourth-order valence-electron chi connectivity index (χ4n) is 2.06. The SMILES string of the molecule is CC(C)NC(C(=O)O)C1CCCC1. The van der Waals surface area contributed by atoms with E-state index in [0.29, 0.717) is 5.92 Å². The van der Waals surface area contributed by atoms with Crippen LogP contribution in [0.25, 0.3) is 0 Å². The molecular formula is C10H19NO2. The standard InChI is InChI=1S/C10H19NO2/c1-7(2)11-9(10(12)13)8-5-3-4-6-8/h7-9,11H,3-6H2,1-2H3,(H,12,13). The molecule has 3 heteroatoms. The van der Waals surface area contributed by atoms with Gasteiger partial charge >= 0.3 is 5.97 Å². The first-order valence-electron chi connectivity index (χ1n) is 5.10. The lowest BCUT2D eigenvalue weighted by atomic mass is 9.97. The molecule has 1 unspecified atom stereocenters. The van der Waals surface area contributed by atoms with Crippen LogP contribution in [0.4, 0.5) is 0 Å². The van der Waals surface area contributed by atoms with E-state index in [0.717, 1.165) is 12.8 Å². The highest BCUT2D eigenvalue weighted by Gasteiger charge is 2.30. The molecule has 1 aliphatic carbocycles. The predicted octanol–water partition coefficient (Wildman–Crippen LogP) is 1.63. The summed E-state index contributed by atoms with van der Waals surface area (Å²) in [4.78, 5) is 11.0. The third-order valence-electron chi connectivity index (χ3n) is 2.65. The molecule has 0 saturated heterocycles. The zero-order chi connectivity index (χ0) is 9.84. The summed E-state index contributed by atoms with van der Waals surface area (Å²) in [7, 11) is 0. The first-order chi connectivity index (χ1) is 6.11. The van der Waals surface area contributed by atoms with Gasteiger partial charge in [0.25, 0.3) is 0 Å². The van der Waals surface area contributed by atoms with Crippen LogP contribution in [-0.2, 0) is 4.79 Å². The highest BCUT2D eigenvalue weighted by Crippen LogP contribution is 2.28. The van der Waals surface area contributed by atoms with Crippen LogP contribution in [0.2, 0.25) is 0 Å². The lowest BCUT2D eigenvalue weighted by molar-refractivity contribution is -0.141. The monoisotopic (exact) mass is 185 g/mol. The lowest BCUT2D eigenvalue weighted by Gasteiger charge is -2.22. The summed E-state index contributed by atoms with van der Waals surface area (Å²) in [6, 6.07) is -0.0794. The van der Waals surface area contributed by atoms with Gasteiger partial charge in [-0.2, -0.15) is 0 Å². The number of hydrogen-bond donors (Lipinski definition) is 2. The van der Waals surface area contributed by atoms with E-state index in [-0.39, 0.29) is 12.1 Å². The van der Waals surface area contributed by atoms with Crippen LogP contribution in [0, 0.1) is 5.92 Å². The molecule has 0 aliphatic heterocycles. The van der Waals surface area contributed by atoms with Crippen molar-refractivity contribution >= 4 is 5.97 Å². The zero-order valence-corrected chi connectivity index (χ0v) is 8.42. The van der Waals surface area contributed by atoms with Crippen LogP contribution in [0.5, 0.6) is 0 Å². The average molecular weight is 185 g/mol. The average Bonchev–Trinajstić information content (AvgIpc) is 2.50. The first-order valence-corrected chi connectivity index (χ1v) is 5.10. The van der Waals surface area contributed by atoms with E-state index in [1.54, 1.807) is 0 Å². The molecule has 1 saturated carbocycles. The summed E-state index contributed by atoms with van der Waals surface area (Å²) >= 11 is 0. The second kappa shape index (κ2) is 4.61. The van der Waals surface area contributed by atoms with E-state index in [1.807, 2.05) is 13.8 Å². The van der Waals surface area contributed by atoms with Crippen LogP contribution < -0.4 is 5.32 Å². The Hall–Kier alpha value is -0.570. The van der Waals surface area contributed by atoms with Crippen molar-refractivity contribution in [1.82, 2.24) is 5.32 Å². The van der Waals surface area contributed by atoms with E-state index in [2.05, 4.69) is 5.32 Å². The number of rotatable bonds is 4. The molecule has 0 aromatic carbocycles. The highest BCUT2D eigenvalue weighted by molar-refractivity contribution is 5.74. The molecule has 1 rings (SSSR count). The van der Waals surface area contributed by atoms with Crippen molar-refractivity contribution in [3.63, 3.8) is 0 Å². The fraction of sp³-hybridized carbons (Fsp3) is 0.900. The third kappa shape index (κ3) is 2.99. The van der Waals surface area contributed by atoms with Gasteiger partial charge in [-0.05, 0) is 18.8 Å². The molecule has 0 bridgehead atoms. The van der Waals surface area contributed by atoms with Crippen molar-refractivity contribution in [3.05, 3.63) is 0 Å². The van der Waals surface area contributed by atoms with Crippen molar-refractivity contribution in [2.24, 2.45) is 5.92 Å². The summed E-state index contributed by atoms with van der Waals surface area (Å²) in [5, 5.41) is 12.1. The minimum Gasteiger partial charge on any atom is -0.480 e. The number of nitrogens with one attached hydrogen (secondary N) is 1. The molecular weight excluding hydrogens is 166 g/mol. The molecule has 0 aromatic rings. The first kappa shape index (κ1) is 10.5. The second-order valence-electron chi connectivity index (χ2n) is 4.18. The molecule has 0 spiro atoms. The second-order valence-corrected chi connectivity index (χ2v) is 4.18. The number of aliphatic carboxylic acids is 1. The van der Waals surface area contributed by atoms with E-state index in [1.165, 1.54) is 12.8 Å². The van der Waals surface area contributed by atoms with Crippen molar-refractivity contribution < 1.29 is 9.90 Å². The molecule has 0 heterocycles. The maximum atomic E-state index is 11.0. The van der Waals surface area contributed by atoms with Gasteiger partial charge in [0.05, 0.1) is 0 Å². The summed E-state index contributed by atoms with van der Waals surface area (Å²) in [5.41, 5.74) is 0. The summed E-state index contributed by atoms with van der Waals surface area (Å²) in [6.07, 6.45) is 4.51. The summed E-state index contributed by atoms with van der Waals surface area (Å²) in [6.45, 7) is 3.98. The molecule has 76 valence electrons. The largest absolute Gasteiger partial charge is 0.480 e. The van der Waals surface area contributed by atoms with E-state index in [4.69, 9.17) is 5.11 Å². The Labute approximate surface area is 79.5 Å². The van der Waals surface area contributed by atoms with Gasteiger partial charge in [-0.25, -0.2) is 0 Å². The van der Waals surface area contributed by atoms with Crippen LogP contribution >= 0.6 is 0 Å². The molecule has 3 nitrogen and oxygen atoms in total. The predicted molar refractivity (Wildman–Crippen MR) is 51.7 cm³/mol. The smallest absolute Gasteiger partial charge is 0.320 e. The maximum Gasteiger partial charge on any atom is 0.320 e. The normalized spacial score (nSPS) is 20.8. The van der Waals surface area contributed by atoms with Gasteiger partial charge in [-0.15, -0.1) is 0 Å². The lowest BCUT2D eigenvalue weighted by Crippen LogP contribution is -2.45. The van der Waals surface area contributed by atoms with Gasteiger partial charge < -0.3 is 10.4 Å². The number of carbonyl (C=O) groups is 1. The molecule has 13 heavy (non-hydrogen) atoms. The van der Waals surface area contributed by atoms with Gasteiger partial charge in [0.15, 0.2) is 0 Å². The van der Waals surface area contributed by atoms with Crippen molar-refractivity contribution in [1.29, 1.82) is 0 Å². The highest BCUT2D eigenvalue weighted by atomic mass is 16.4. The molecule has 0 radical (unpaired) electrons. The topological polar surface area (TPSA) is 49.3 Å². The van der Waals surface area contributed by atoms with E-state index >= 15 is 0 Å². The third-order valence-corrected chi connectivity index (χ3v) is 2.65. The molecule has 1 aliphatic rings. The van der Waals surface area contributed by atoms with Crippen molar-refractivity contribution in [2.45, 2.75) is 51.6 Å². The fourth-order valence-corrected chi connectivity index (χ4v) is 2.06.